The third-order valence-electron chi connectivity index (χ3n) is 1.85. The molecule has 0 aromatic heterocycles. The van der Waals surface area contributed by atoms with E-state index in [0.29, 0.717) is 11.8 Å². The van der Waals surface area contributed by atoms with E-state index < -0.39 is 0 Å². The molecule has 1 aromatic carbocycles. The molecule has 1 rings (SSSR count). The number of carbonyl (C=O) groups is 1. The summed E-state index contributed by atoms with van der Waals surface area (Å²) in [5, 5.41) is 0. The number of aldehydes is 1. The van der Waals surface area contributed by atoms with Crippen LogP contribution in [-0.4, -0.2) is 12.0 Å². The van der Waals surface area contributed by atoms with Crippen molar-refractivity contribution in [1.29, 1.82) is 0 Å². The van der Waals surface area contributed by atoms with E-state index in [2.05, 4.69) is 6.92 Å². The van der Waals surface area contributed by atoms with E-state index in [1.165, 1.54) is 12.1 Å². The molecule has 0 amide bonds. The van der Waals surface area contributed by atoms with E-state index in [9.17, 15) is 9.18 Å². The molecule has 0 N–H and O–H groups in total. The molecule has 3 heteroatoms. The van der Waals surface area contributed by atoms with Gasteiger partial charge >= 0.3 is 0 Å². The Kier molecular flexibility index (Phi) is 4.66. The molecule has 0 heterocycles. The van der Waals surface area contributed by atoms with Gasteiger partial charge in [-0.3, -0.25) is 4.79 Å². The monoisotopic (exact) mass is 212 g/mol. The van der Waals surface area contributed by atoms with Crippen LogP contribution in [0.2, 0.25) is 0 Å². The summed E-state index contributed by atoms with van der Waals surface area (Å²) in [6.07, 6.45) is 2.95. The third-order valence-corrected chi connectivity index (χ3v) is 3.03. The van der Waals surface area contributed by atoms with Crippen molar-refractivity contribution in [3.05, 3.63) is 29.6 Å². The van der Waals surface area contributed by atoms with Crippen molar-refractivity contribution in [1.82, 2.24) is 0 Å². The summed E-state index contributed by atoms with van der Waals surface area (Å²) < 4.78 is 12.8. The zero-order valence-corrected chi connectivity index (χ0v) is 8.94. The first-order valence-corrected chi connectivity index (χ1v) is 5.64. The highest BCUT2D eigenvalue weighted by Crippen LogP contribution is 2.23. The maximum atomic E-state index is 12.8. The molecule has 1 aromatic rings. The predicted octanol–water partition coefficient (Wildman–Crippen LogP) is 3.53. The van der Waals surface area contributed by atoms with Crippen molar-refractivity contribution in [2.45, 2.75) is 24.7 Å². The van der Waals surface area contributed by atoms with E-state index in [4.69, 9.17) is 0 Å². The lowest BCUT2D eigenvalue weighted by Gasteiger charge is -2.03. The molecule has 14 heavy (non-hydrogen) atoms. The van der Waals surface area contributed by atoms with Crippen LogP contribution in [0, 0.1) is 5.82 Å². The highest BCUT2D eigenvalue weighted by molar-refractivity contribution is 7.99. The van der Waals surface area contributed by atoms with Crippen LogP contribution < -0.4 is 0 Å². The topological polar surface area (TPSA) is 17.1 Å². The first kappa shape index (κ1) is 11.2. The Labute approximate surface area is 87.7 Å². The molecular formula is C11H13FOS. The van der Waals surface area contributed by atoms with Gasteiger partial charge in [-0.25, -0.2) is 4.39 Å². The van der Waals surface area contributed by atoms with Crippen LogP contribution in [0.3, 0.4) is 0 Å². The maximum absolute atomic E-state index is 12.8. The summed E-state index contributed by atoms with van der Waals surface area (Å²) in [4.78, 5) is 11.5. The lowest BCUT2D eigenvalue weighted by Crippen LogP contribution is -1.88. The second-order valence-corrected chi connectivity index (χ2v) is 4.14. The summed E-state index contributed by atoms with van der Waals surface area (Å²) in [5.41, 5.74) is 0.450. The van der Waals surface area contributed by atoms with Crippen LogP contribution in [0.4, 0.5) is 4.39 Å². The molecule has 0 unspecified atom stereocenters. The average molecular weight is 212 g/mol. The van der Waals surface area contributed by atoms with Gasteiger partial charge in [-0.2, -0.15) is 0 Å². The fourth-order valence-electron chi connectivity index (χ4n) is 1.07. The number of hydrogen-bond acceptors (Lipinski definition) is 2. The molecule has 0 saturated carbocycles. The smallest absolute Gasteiger partial charge is 0.151 e. The van der Waals surface area contributed by atoms with Crippen LogP contribution in [0.25, 0.3) is 0 Å². The highest BCUT2D eigenvalue weighted by Gasteiger charge is 2.03. The summed E-state index contributed by atoms with van der Waals surface area (Å²) in [6, 6.07) is 4.34. The summed E-state index contributed by atoms with van der Waals surface area (Å²) >= 11 is 1.61. The Bertz CT molecular complexity index is 312. The normalized spacial score (nSPS) is 10.1. The number of halogens is 1. The van der Waals surface area contributed by atoms with Gasteiger partial charge in [-0.15, -0.1) is 11.8 Å². The van der Waals surface area contributed by atoms with Gasteiger partial charge in [0.25, 0.3) is 0 Å². The fourth-order valence-corrected chi connectivity index (χ4v) is 2.16. The van der Waals surface area contributed by atoms with Crippen LogP contribution >= 0.6 is 11.8 Å². The van der Waals surface area contributed by atoms with Crippen LogP contribution in [0.15, 0.2) is 23.1 Å². The van der Waals surface area contributed by atoms with Crippen molar-refractivity contribution in [2.75, 3.05) is 5.75 Å². The first-order chi connectivity index (χ1) is 6.77. The largest absolute Gasteiger partial charge is 0.298 e. The van der Waals surface area contributed by atoms with E-state index in [1.807, 2.05) is 0 Å². The summed E-state index contributed by atoms with van der Waals surface area (Å²) in [6.45, 7) is 2.12. The highest BCUT2D eigenvalue weighted by atomic mass is 32.2. The first-order valence-electron chi connectivity index (χ1n) is 4.65. The zero-order valence-electron chi connectivity index (χ0n) is 8.13. The quantitative estimate of drug-likeness (QED) is 0.422. The Balaban J connectivity index is 2.70. The number of carbonyl (C=O) groups excluding carboxylic acids is 1. The molecule has 0 atom stereocenters. The number of thioether (sulfide) groups is 1. The number of rotatable bonds is 5. The van der Waals surface area contributed by atoms with Gasteiger partial charge in [0.15, 0.2) is 6.29 Å². The molecule has 76 valence electrons. The van der Waals surface area contributed by atoms with E-state index >= 15 is 0 Å². The minimum absolute atomic E-state index is 0.355. The van der Waals surface area contributed by atoms with Crippen LogP contribution in [0.1, 0.15) is 30.1 Å². The van der Waals surface area contributed by atoms with Crippen molar-refractivity contribution < 1.29 is 9.18 Å². The van der Waals surface area contributed by atoms with Crippen molar-refractivity contribution in [3.63, 3.8) is 0 Å². The van der Waals surface area contributed by atoms with Gasteiger partial charge in [0.2, 0.25) is 0 Å². The van der Waals surface area contributed by atoms with Gasteiger partial charge in [0.1, 0.15) is 5.82 Å². The van der Waals surface area contributed by atoms with Gasteiger partial charge < -0.3 is 0 Å². The van der Waals surface area contributed by atoms with E-state index in [0.717, 1.165) is 23.5 Å². The molecule has 0 spiro atoms. The number of unbranched alkanes of at least 4 members (excludes halogenated alkanes) is 1. The van der Waals surface area contributed by atoms with Gasteiger partial charge in [-0.1, -0.05) is 13.3 Å². The van der Waals surface area contributed by atoms with Crippen LogP contribution in [0.5, 0.6) is 0 Å². The Hall–Kier alpha value is -0.830. The Morgan fingerprint density at radius 1 is 1.50 bits per heavy atom. The summed E-state index contributed by atoms with van der Waals surface area (Å²) in [5.74, 6) is 0.620. The lowest BCUT2D eigenvalue weighted by atomic mass is 10.2. The number of benzene rings is 1. The lowest BCUT2D eigenvalue weighted by molar-refractivity contribution is 0.112. The minimum Gasteiger partial charge on any atom is -0.298 e. The second-order valence-electron chi connectivity index (χ2n) is 3.00. The third kappa shape index (κ3) is 3.14. The molecule has 1 nitrogen and oxygen atoms in total. The predicted molar refractivity (Wildman–Crippen MR) is 57.4 cm³/mol. The van der Waals surface area contributed by atoms with Gasteiger partial charge in [-0.05, 0) is 30.4 Å². The summed E-state index contributed by atoms with van der Waals surface area (Å²) in [7, 11) is 0. The standard InChI is InChI=1S/C11H13FOS/c1-2-3-6-14-11-5-4-10(12)7-9(11)8-13/h4-5,7-8H,2-3,6H2,1H3. The van der Waals surface area contributed by atoms with Gasteiger partial charge in [0.05, 0.1) is 0 Å². The molecule has 0 aliphatic carbocycles. The fraction of sp³-hybridized carbons (Fsp3) is 0.364. The minimum atomic E-state index is -0.355. The molecule has 0 radical (unpaired) electrons. The van der Waals surface area contributed by atoms with Crippen molar-refractivity contribution in [3.8, 4) is 0 Å². The molecule has 0 aliphatic heterocycles. The molecule has 0 saturated heterocycles. The maximum Gasteiger partial charge on any atom is 0.151 e. The molecule has 0 bridgehead atoms. The second kappa shape index (κ2) is 5.81. The molecule has 0 aliphatic rings. The van der Waals surface area contributed by atoms with Crippen molar-refractivity contribution in [2.24, 2.45) is 0 Å². The number of hydrogen-bond donors (Lipinski definition) is 0. The van der Waals surface area contributed by atoms with Crippen LogP contribution in [-0.2, 0) is 0 Å². The SMILES string of the molecule is CCCCSc1ccc(F)cc1C=O. The average Bonchev–Trinajstić information content (AvgIpc) is 2.20. The zero-order chi connectivity index (χ0) is 10.4. The Morgan fingerprint density at radius 3 is 2.93 bits per heavy atom. The molecular weight excluding hydrogens is 199 g/mol. The van der Waals surface area contributed by atoms with Gasteiger partial charge in [0, 0.05) is 10.5 Å². The Morgan fingerprint density at radius 2 is 2.29 bits per heavy atom. The van der Waals surface area contributed by atoms with E-state index in [-0.39, 0.29) is 5.82 Å². The molecule has 0 fully saturated rings. The van der Waals surface area contributed by atoms with E-state index in [1.54, 1.807) is 17.8 Å². The van der Waals surface area contributed by atoms with Crippen molar-refractivity contribution >= 4 is 18.0 Å².